The van der Waals surface area contributed by atoms with Crippen LogP contribution in [0.5, 0.6) is 0 Å². The van der Waals surface area contributed by atoms with Crippen LogP contribution < -0.4 is 5.32 Å². The molecule has 1 N–H and O–H groups in total. The number of hydrogen-bond acceptors (Lipinski definition) is 3. The van der Waals surface area contributed by atoms with E-state index in [9.17, 15) is 9.59 Å². The molecular weight excluding hydrogens is 352 g/mol. The quantitative estimate of drug-likeness (QED) is 0.526. The van der Waals surface area contributed by atoms with Crippen molar-refractivity contribution in [2.24, 2.45) is 0 Å². The highest BCUT2D eigenvalue weighted by molar-refractivity contribution is 6.31. The number of carbonyl (C=O) groups is 2. The number of halogens is 1. The number of fused-ring (bicyclic) bond motifs is 6. The molecule has 6 nitrogen and oxygen atoms in total. The Labute approximate surface area is 153 Å². The summed E-state index contributed by atoms with van der Waals surface area (Å²) in [7, 11) is 0. The third kappa shape index (κ3) is 1.79. The third-order valence-corrected chi connectivity index (χ3v) is 5.07. The molecule has 0 unspecified atom stereocenters. The number of hydrogen-bond donors (Lipinski definition) is 1. The first-order valence-electron chi connectivity index (χ1n) is 8.12. The van der Waals surface area contributed by atoms with E-state index in [-0.39, 0.29) is 11.8 Å². The molecule has 0 bridgehead atoms. The van der Waals surface area contributed by atoms with E-state index in [1.807, 2.05) is 54.8 Å². The van der Waals surface area contributed by atoms with Crippen LogP contribution in [0.1, 0.15) is 32.0 Å². The number of carbonyl (C=O) groups excluding carboxylic acids is 2. The predicted molar refractivity (Wildman–Crippen MR) is 98.3 cm³/mol. The molecule has 0 atom stereocenters. The van der Waals surface area contributed by atoms with Crippen LogP contribution in [0.3, 0.4) is 0 Å². The van der Waals surface area contributed by atoms with Crippen LogP contribution >= 0.6 is 11.6 Å². The van der Waals surface area contributed by atoms with Gasteiger partial charge in [-0.25, -0.2) is 4.68 Å². The van der Waals surface area contributed by atoms with Crippen LogP contribution in [-0.4, -0.2) is 26.0 Å². The smallest absolute Gasteiger partial charge is 0.261 e. The maximum absolute atomic E-state index is 12.5. The summed E-state index contributed by atoms with van der Waals surface area (Å²) in [6.45, 7) is 3.80. The molecule has 0 fully saturated rings. The van der Waals surface area contributed by atoms with Gasteiger partial charge in [-0.2, -0.15) is 5.10 Å². The Bertz CT molecular complexity index is 1280. The molecule has 1 aliphatic heterocycles. The molecule has 0 saturated heterocycles. The van der Waals surface area contributed by atoms with Crippen molar-refractivity contribution in [3.05, 3.63) is 63.9 Å². The lowest BCUT2D eigenvalue weighted by Crippen LogP contribution is -2.20. The van der Waals surface area contributed by atoms with Gasteiger partial charge in [-0.3, -0.25) is 14.9 Å². The topological polar surface area (TPSA) is 68.4 Å². The fraction of sp³-hybridized carbons (Fsp3) is 0.105. The number of aryl methyl sites for hydroxylation is 2. The van der Waals surface area contributed by atoms with Crippen molar-refractivity contribution in [3.8, 4) is 5.69 Å². The van der Waals surface area contributed by atoms with Crippen molar-refractivity contribution in [2.45, 2.75) is 13.8 Å². The summed E-state index contributed by atoms with van der Waals surface area (Å²) < 4.78 is 3.71. The molecule has 0 radical (unpaired) electrons. The molecule has 3 aromatic heterocycles. The van der Waals surface area contributed by atoms with E-state index in [1.165, 1.54) is 0 Å². The molecule has 1 aliphatic rings. The molecule has 26 heavy (non-hydrogen) atoms. The van der Waals surface area contributed by atoms with E-state index in [0.29, 0.717) is 32.7 Å². The molecule has 0 saturated carbocycles. The number of nitrogens with zero attached hydrogens (tertiary/aromatic N) is 3. The normalized spacial score (nSPS) is 13.7. The van der Waals surface area contributed by atoms with Crippen LogP contribution in [0.25, 0.3) is 22.2 Å². The average Bonchev–Trinajstić information content (AvgIpc) is 3.24. The Hall–Kier alpha value is -3.12. The molecule has 4 aromatic rings. The summed E-state index contributed by atoms with van der Waals surface area (Å²) >= 11 is 6.09. The van der Waals surface area contributed by atoms with Gasteiger partial charge in [0.15, 0.2) is 0 Å². The summed E-state index contributed by atoms with van der Waals surface area (Å²) in [5.41, 5.74) is 4.75. The van der Waals surface area contributed by atoms with Crippen molar-refractivity contribution in [1.82, 2.24) is 19.5 Å². The molecule has 128 valence electrons. The molecule has 1 aromatic carbocycles. The summed E-state index contributed by atoms with van der Waals surface area (Å²) in [4.78, 5) is 24.8. The van der Waals surface area contributed by atoms with E-state index in [1.54, 1.807) is 4.68 Å². The number of aromatic nitrogens is 3. The number of pyridine rings is 1. The van der Waals surface area contributed by atoms with Crippen molar-refractivity contribution < 1.29 is 9.59 Å². The van der Waals surface area contributed by atoms with Gasteiger partial charge in [-0.15, -0.1) is 0 Å². The van der Waals surface area contributed by atoms with E-state index in [0.717, 1.165) is 16.9 Å². The van der Waals surface area contributed by atoms with Gasteiger partial charge in [0.2, 0.25) is 0 Å². The summed E-state index contributed by atoms with van der Waals surface area (Å²) in [5.74, 6) is -0.750. The maximum Gasteiger partial charge on any atom is 0.261 e. The van der Waals surface area contributed by atoms with E-state index in [2.05, 4.69) is 10.4 Å². The second kappa shape index (κ2) is 4.95. The first-order chi connectivity index (χ1) is 12.5. The van der Waals surface area contributed by atoms with Gasteiger partial charge in [-0.1, -0.05) is 11.6 Å². The number of imide groups is 1. The van der Waals surface area contributed by atoms with Crippen molar-refractivity contribution in [1.29, 1.82) is 0 Å². The molecule has 2 amide bonds. The van der Waals surface area contributed by atoms with Crippen LogP contribution in [0.15, 0.2) is 36.5 Å². The molecular formula is C19H13ClN4O2. The zero-order valence-electron chi connectivity index (χ0n) is 14.0. The molecule has 0 spiro atoms. The summed E-state index contributed by atoms with van der Waals surface area (Å²) in [6, 6.07) is 9.26. The minimum absolute atomic E-state index is 0.370. The highest BCUT2D eigenvalue weighted by Crippen LogP contribution is 2.34. The first kappa shape index (κ1) is 15.2. The zero-order chi connectivity index (χ0) is 18.2. The minimum Gasteiger partial charge on any atom is -0.300 e. The predicted octanol–water partition coefficient (Wildman–Crippen LogP) is 3.43. The van der Waals surface area contributed by atoms with Crippen LogP contribution in [0, 0.1) is 13.8 Å². The fourth-order valence-corrected chi connectivity index (χ4v) is 3.99. The SMILES string of the molecule is Cc1cc(Cl)ccc1-n1nc(C)c2c3c(c4cccn4c21)C(=O)NC3=O. The van der Waals surface area contributed by atoms with Gasteiger partial charge in [0, 0.05) is 11.2 Å². The molecule has 7 heteroatoms. The lowest BCUT2D eigenvalue weighted by atomic mass is 10.0. The van der Waals surface area contributed by atoms with E-state index >= 15 is 0 Å². The molecule has 4 heterocycles. The molecule has 5 rings (SSSR count). The number of benzene rings is 1. The Kier molecular flexibility index (Phi) is 2.89. The molecule has 0 aliphatic carbocycles. The number of nitrogens with one attached hydrogen (secondary N) is 1. The van der Waals surface area contributed by atoms with Gasteiger partial charge in [0.05, 0.1) is 33.4 Å². The van der Waals surface area contributed by atoms with Crippen molar-refractivity contribution >= 4 is 40.0 Å². The first-order valence-corrected chi connectivity index (χ1v) is 8.49. The average molecular weight is 365 g/mol. The maximum atomic E-state index is 12.5. The van der Waals surface area contributed by atoms with Gasteiger partial charge >= 0.3 is 0 Å². The standard InChI is InChI=1S/C19H13ClN4O2/c1-9-8-11(20)5-6-12(9)24-19-14(10(2)22-24)16-15(17(25)21-18(16)26)13-4-3-7-23(13)19/h3-8H,1-2H3,(H,21,25,26). The zero-order valence-corrected chi connectivity index (χ0v) is 14.8. The number of amides is 2. The van der Waals surface area contributed by atoms with Gasteiger partial charge in [0.25, 0.3) is 11.8 Å². The third-order valence-electron chi connectivity index (χ3n) is 4.84. The summed E-state index contributed by atoms with van der Waals surface area (Å²) in [6.07, 6.45) is 1.87. The second-order valence-electron chi connectivity index (χ2n) is 6.42. The Morgan fingerprint density at radius 2 is 1.85 bits per heavy atom. The lowest BCUT2D eigenvalue weighted by Gasteiger charge is -2.10. The van der Waals surface area contributed by atoms with Gasteiger partial charge in [-0.05, 0) is 49.7 Å². The number of rotatable bonds is 1. The van der Waals surface area contributed by atoms with Crippen molar-refractivity contribution in [3.63, 3.8) is 0 Å². The highest BCUT2D eigenvalue weighted by atomic mass is 35.5. The Morgan fingerprint density at radius 3 is 2.62 bits per heavy atom. The summed E-state index contributed by atoms with van der Waals surface area (Å²) in [5, 5.41) is 8.42. The lowest BCUT2D eigenvalue weighted by molar-refractivity contribution is 0.0880. The Balaban J connectivity index is 2.01. The van der Waals surface area contributed by atoms with E-state index < -0.39 is 0 Å². The van der Waals surface area contributed by atoms with Gasteiger partial charge in [0.1, 0.15) is 5.65 Å². The van der Waals surface area contributed by atoms with E-state index in [4.69, 9.17) is 11.6 Å². The van der Waals surface area contributed by atoms with Crippen molar-refractivity contribution in [2.75, 3.05) is 0 Å². The second-order valence-corrected chi connectivity index (χ2v) is 6.86. The van der Waals surface area contributed by atoms with Crippen LogP contribution in [0.2, 0.25) is 5.02 Å². The monoisotopic (exact) mass is 364 g/mol. The fourth-order valence-electron chi connectivity index (χ4n) is 3.76. The van der Waals surface area contributed by atoms with Crippen LogP contribution in [-0.2, 0) is 0 Å². The minimum atomic E-state index is -0.380. The highest BCUT2D eigenvalue weighted by Gasteiger charge is 2.34. The van der Waals surface area contributed by atoms with Crippen LogP contribution in [0.4, 0.5) is 0 Å². The largest absolute Gasteiger partial charge is 0.300 e. The van der Waals surface area contributed by atoms with Gasteiger partial charge < -0.3 is 4.40 Å². The Morgan fingerprint density at radius 1 is 1.08 bits per heavy atom.